The number of nitrogens with zero attached hydrogens (tertiary/aromatic N) is 2. The number of pyridine rings is 2. The molecule has 9 nitrogen and oxygen atoms in total. The number of ether oxygens (including phenoxy) is 1. The van der Waals surface area contributed by atoms with Gasteiger partial charge in [-0.1, -0.05) is 18.2 Å². The summed E-state index contributed by atoms with van der Waals surface area (Å²) in [5.74, 6) is 0.956. The maximum atomic E-state index is 10.9. The first-order valence-electron chi connectivity index (χ1n) is 11.7. The summed E-state index contributed by atoms with van der Waals surface area (Å²) in [5.41, 5.74) is 11.7. The molecule has 4 aromatic rings. The van der Waals surface area contributed by atoms with Crippen molar-refractivity contribution < 1.29 is 29.0 Å². The average molecular weight is 522 g/mol. The van der Waals surface area contributed by atoms with Crippen LogP contribution in [-0.2, 0) is 28.6 Å². The van der Waals surface area contributed by atoms with Crippen molar-refractivity contribution in [2.45, 2.75) is 32.6 Å². The lowest BCUT2D eigenvalue weighted by Gasteiger charge is -2.11. The van der Waals surface area contributed by atoms with E-state index in [1.807, 2.05) is 49.5 Å². The molecule has 0 bridgehead atoms. The van der Waals surface area contributed by atoms with E-state index in [0.29, 0.717) is 29.0 Å². The van der Waals surface area contributed by atoms with E-state index < -0.39 is 13.6 Å². The predicted octanol–water partition coefficient (Wildman–Crippen LogP) is 4.55. The van der Waals surface area contributed by atoms with Crippen LogP contribution in [0.2, 0.25) is 0 Å². The van der Waals surface area contributed by atoms with Crippen molar-refractivity contribution in [1.82, 2.24) is 9.97 Å². The first kappa shape index (κ1) is 26.3. The van der Waals surface area contributed by atoms with Gasteiger partial charge in [-0.25, -0.2) is 4.98 Å². The fourth-order valence-corrected chi connectivity index (χ4v) is 4.54. The van der Waals surface area contributed by atoms with Gasteiger partial charge < -0.3 is 25.4 Å². The lowest BCUT2D eigenvalue weighted by molar-refractivity contribution is -0.136. The largest absolute Gasteiger partial charge is 0.490 e. The summed E-state index contributed by atoms with van der Waals surface area (Å²) in [5, 5.41) is 10.8. The monoisotopic (exact) mass is 521 g/mol. The van der Waals surface area contributed by atoms with Crippen LogP contribution in [0.25, 0.3) is 21.8 Å². The van der Waals surface area contributed by atoms with E-state index in [2.05, 4.69) is 16.0 Å². The second kappa shape index (κ2) is 11.1. The van der Waals surface area contributed by atoms with Crippen LogP contribution in [0.4, 0.5) is 5.82 Å². The van der Waals surface area contributed by atoms with E-state index in [0.717, 1.165) is 51.7 Å². The number of rotatable bonds is 10. The minimum atomic E-state index is -4.18. The standard InChI is InChI=1S/C27H28N3O6P/c1-17-13-21(36-11-2-12-37(33,34)35)8-7-20(17)6-3-19-14-23-22-9-4-18(5-10-25(31)32)15-24(22)30-27(28)26(23)29-16-19/h2,4,7-9,12-16H,3,5-6,10-11H2,1H3,(H2,28,30)(H,31,32)(H2,33,34,35)/b12-2+. The number of hydrogen-bond donors (Lipinski definition) is 4. The summed E-state index contributed by atoms with van der Waals surface area (Å²) >= 11 is 0. The molecule has 0 fully saturated rings. The molecule has 2 aromatic heterocycles. The number of carbonyl (C=O) groups is 1. The molecule has 0 saturated heterocycles. The van der Waals surface area contributed by atoms with Gasteiger partial charge in [0.05, 0.1) is 5.52 Å². The molecular weight excluding hydrogens is 493 g/mol. The van der Waals surface area contributed by atoms with Crippen LogP contribution in [0.1, 0.15) is 28.7 Å². The molecule has 192 valence electrons. The molecule has 5 N–H and O–H groups in total. The van der Waals surface area contributed by atoms with Crippen LogP contribution < -0.4 is 10.5 Å². The Morgan fingerprint density at radius 2 is 1.86 bits per heavy atom. The van der Waals surface area contributed by atoms with Gasteiger partial charge in [0.15, 0.2) is 5.82 Å². The van der Waals surface area contributed by atoms with Crippen LogP contribution in [0.3, 0.4) is 0 Å². The summed E-state index contributed by atoms with van der Waals surface area (Å²) in [6, 6.07) is 13.6. The van der Waals surface area contributed by atoms with Gasteiger partial charge in [0.2, 0.25) is 0 Å². The summed E-state index contributed by atoms with van der Waals surface area (Å²) in [6.45, 7) is 2.06. The first-order valence-corrected chi connectivity index (χ1v) is 13.4. The number of hydrogen-bond acceptors (Lipinski definition) is 6. The third kappa shape index (κ3) is 6.92. The molecule has 10 heteroatoms. The number of aromatic nitrogens is 2. The highest BCUT2D eigenvalue weighted by atomic mass is 31.2. The summed E-state index contributed by atoms with van der Waals surface area (Å²) < 4.78 is 16.4. The number of carboxylic acid groups (broad SMARTS) is 1. The lowest BCUT2D eigenvalue weighted by Crippen LogP contribution is -2.00. The maximum absolute atomic E-state index is 10.9. The van der Waals surface area contributed by atoms with Gasteiger partial charge in [0.1, 0.15) is 17.9 Å². The van der Waals surface area contributed by atoms with Crippen molar-refractivity contribution in [2.24, 2.45) is 0 Å². The molecule has 0 spiro atoms. The average Bonchev–Trinajstić information content (AvgIpc) is 2.84. The van der Waals surface area contributed by atoms with Crippen molar-refractivity contribution >= 4 is 41.2 Å². The van der Waals surface area contributed by atoms with E-state index in [9.17, 15) is 9.36 Å². The van der Waals surface area contributed by atoms with Crippen LogP contribution >= 0.6 is 7.60 Å². The topological polar surface area (TPSA) is 156 Å². The van der Waals surface area contributed by atoms with Crippen molar-refractivity contribution in [1.29, 1.82) is 0 Å². The maximum Gasteiger partial charge on any atom is 0.348 e. The minimum Gasteiger partial charge on any atom is -0.490 e. The molecule has 0 amide bonds. The summed E-state index contributed by atoms with van der Waals surface area (Å²) in [4.78, 5) is 37.7. The molecule has 2 aromatic carbocycles. The predicted molar refractivity (Wildman–Crippen MR) is 143 cm³/mol. The summed E-state index contributed by atoms with van der Waals surface area (Å²) in [6.07, 6.45) is 5.15. The van der Waals surface area contributed by atoms with Gasteiger partial charge in [0, 0.05) is 29.2 Å². The number of aryl methyl sites for hydroxylation is 4. The number of aliphatic carboxylic acids is 1. The highest BCUT2D eigenvalue weighted by Crippen LogP contribution is 2.35. The van der Waals surface area contributed by atoms with E-state index in [1.54, 1.807) is 0 Å². The van der Waals surface area contributed by atoms with Gasteiger partial charge >= 0.3 is 13.6 Å². The van der Waals surface area contributed by atoms with Crippen LogP contribution in [-0.4, -0.2) is 37.4 Å². The van der Waals surface area contributed by atoms with Crippen molar-refractivity contribution in [3.8, 4) is 5.75 Å². The minimum absolute atomic E-state index is 0.0560. The third-order valence-electron chi connectivity index (χ3n) is 6.05. The smallest absolute Gasteiger partial charge is 0.348 e. The number of benzene rings is 2. The molecule has 0 radical (unpaired) electrons. The molecule has 0 atom stereocenters. The SMILES string of the molecule is Cc1cc(OC/C=C/P(=O)(O)O)ccc1CCc1cnc2c(N)nc3cc(CCC(=O)O)ccc3c2c1. The highest BCUT2D eigenvalue weighted by molar-refractivity contribution is 7.55. The van der Waals surface area contributed by atoms with Crippen LogP contribution in [0, 0.1) is 6.92 Å². The number of carboxylic acids is 1. The quantitative estimate of drug-likeness (QED) is 0.174. The van der Waals surface area contributed by atoms with E-state index >= 15 is 0 Å². The number of nitrogens with two attached hydrogens (primary N) is 1. The molecule has 0 aliphatic heterocycles. The zero-order valence-electron chi connectivity index (χ0n) is 20.3. The molecule has 0 aliphatic carbocycles. The Bertz CT molecular complexity index is 1550. The van der Waals surface area contributed by atoms with Gasteiger partial charge in [-0.3, -0.25) is 14.3 Å². The Kier molecular flexibility index (Phi) is 7.88. The first-order chi connectivity index (χ1) is 17.6. The van der Waals surface area contributed by atoms with E-state index in [4.69, 9.17) is 25.4 Å². The Hall–Kier alpha value is -3.78. The number of fused-ring (bicyclic) bond motifs is 3. The zero-order chi connectivity index (χ0) is 26.6. The molecule has 0 aliphatic rings. The van der Waals surface area contributed by atoms with Gasteiger partial charge in [-0.15, -0.1) is 0 Å². The second-order valence-electron chi connectivity index (χ2n) is 8.86. The number of nitrogen functional groups attached to an aromatic ring is 1. The van der Waals surface area contributed by atoms with Crippen LogP contribution in [0.15, 0.2) is 60.6 Å². The Morgan fingerprint density at radius 3 is 2.59 bits per heavy atom. The molecule has 2 heterocycles. The van der Waals surface area contributed by atoms with E-state index in [1.165, 1.54) is 6.08 Å². The molecule has 0 unspecified atom stereocenters. The summed E-state index contributed by atoms with van der Waals surface area (Å²) in [7, 11) is -4.18. The molecule has 4 rings (SSSR count). The van der Waals surface area contributed by atoms with Gasteiger partial charge in [0.25, 0.3) is 0 Å². The fourth-order valence-electron chi connectivity index (χ4n) is 4.18. The highest BCUT2D eigenvalue weighted by Gasteiger charge is 2.11. The Balaban J connectivity index is 1.50. The fraction of sp³-hybridized carbons (Fsp3) is 0.222. The van der Waals surface area contributed by atoms with Gasteiger partial charge in [-0.05, 0) is 78.8 Å². The molecule has 37 heavy (non-hydrogen) atoms. The third-order valence-corrected chi connectivity index (χ3v) is 6.65. The number of anilines is 1. The Morgan fingerprint density at radius 1 is 1.05 bits per heavy atom. The van der Waals surface area contributed by atoms with E-state index in [-0.39, 0.29) is 13.0 Å². The lowest BCUT2D eigenvalue weighted by atomic mass is 9.99. The normalized spacial score (nSPS) is 12.0. The zero-order valence-corrected chi connectivity index (χ0v) is 21.2. The van der Waals surface area contributed by atoms with Gasteiger partial charge in [-0.2, -0.15) is 0 Å². The molecule has 0 saturated carbocycles. The molecular formula is C27H28N3O6P. The van der Waals surface area contributed by atoms with Crippen molar-refractivity contribution in [3.05, 3.63) is 82.8 Å². The van der Waals surface area contributed by atoms with Crippen molar-refractivity contribution in [3.63, 3.8) is 0 Å². The van der Waals surface area contributed by atoms with Crippen molar-refractivity contribution in [2.75, 3.05) is 12.3 Å². The Labute approximate surface area is 213 Å². The van der Waals surface area contributed by atoms with Crippen LogP contribution in [0.5, 0.6) is 5.75 Å². The second-order valence-corrected chi connectivity index (χ2v) is 10.3.